The second-order valence-electron chi connectivity index (χ2n) is 4.46. The minimum Gasteiger partial charge on any atom is -0.374 e. The number of hydrogen-bond acceptors (Lipinski definition) is 2. The van der Waals surface area contributed by atoms with Crippen molar-refractivity contribution in [1.82, 2.24) is 5.32 Å². The summed E-state index contributed by atoms with van der Waals surface area (Å²) in [6, 6.07) is 8.71. The van der Waals surface area contributed by atoms with Crippen LogP contribution >= 0.6 is 0 Å². The summed E-state index contributed by atoms with van der Waals surface area (Å²) in [6.07, 6.45) is 4.37. The molecule has 0 bridgehead atoms. The largest absolute Gasteiger partial charge is 0.374 e. The second-order valence-corrected chi connectivity index (χ2v) is 4.46. The SMILES string of the molecule is CCNCc1ccc(COC2CCC2)cc1. The lowest BCUT2D eigenvalue weighted by molar-refractivity contribution is -0.00866. The topological polar surface area (TPSA) is 21.3 Å². The van der Waals surface area contributed by atoms with Crippen LogP contribution in [0, 0.1) is 0 Å². The molecular formula is C14H21NO. The Kier molecular flexibility index (Phi) is 4.37. The van der Waals surface area contributed by atoms with Gasteiger partial charge in [0.2, 0.25) is 0 Å². The van der Waals surface area contributed by atoms with E-state index in [0.717, 1.165) is 19.7 Å². The molecule has 0 heterocycles. The molecule has 0 unspecified atom stereocenters. The molecule has 0 spiro atoms. The quantitative estimate of drug-likeness (QED) is 0.794. The molecule has 1 aromatic carbocycles. The zero-order valence-corrected chi connectivity index (χ0v) is 10.0. The first-order valence-electron chi connectivity index (χ1n) is 6.28. The molecule has 0 amide bonds. The maximum Gasteiger partial charge on any atom is 0.0720 e. The highest BCUT2D eigenvalue weighted by Crippen LogP contribution is 2.23. The lowest BCUT2D eigenvalue weighted by Gasteiger charge is -2.25. The average Bonchev–Trinajstić information content (AvgIpc) is 2.26. The number of rotatable bonds is 6. The van der Waals surface area contributed by atoms with Gasteiger partial charge in [-0.1, -0.05) is 31.2 Å². The van der Waals surface area contributed by atoms with Gasteiger partial charge in [0.15, 0.2) is 0 Å². The van der Waals surface area contributed by atoms with E-state index in [2.05, 4.69) is 36.5 Å². The first-order valence-corrected chi connectivity index (χ1v) is 6.28. The normalized spacial score (nSPS) is 16.1. The van der Waals surface area contributed by atoms with Crippen molar-refractivity contribution in [2.24, 2.45) is 0 Å². The van der Waals surface area contributed by atoms with Gasteiger partial charge in [0, 0.05) is 6.54 Å². The van der Waals surface area contributed by atoms with Crippen LogP contribution in [0.2, 0.25) is 0 Å². The van der Waals surface area contributed by atoms with Crippen molar-refractivity contribution < 1.29 is 4.74 Å². The van der Waals surface area contributed by atoms with E-state index in [0.29, 0.717) is 6.10 Å². The number of hydrogen-bond donors (Lipinski definition) is 1. The molecule has 1 aliphatic rings. The third-order valence-corrected chi connectivity index (χ3v) is 3.14. The molecule has 1 N–H and O–H groups in total. The first-order chi connectivity index (χ1) is 7.88. The Morgan fingerprint density at radius 2 is 1.88 bits per heavy atom. The van der Waals surface area contributed by atoms with Crippen molar-refractivity contribution in [3.8, 4) is 0 Å². The summed E-state index contributed by atoms with van der Waals surface area (Å²) in [7, 11) is 0. The summed E-state index contributed by atoms with van der Waals surface area (Å²) >= 11 is 0. The van der Waals surface area contributed by atoms with Crippen LogP contribution in [0.25, 0.3) is 0 Å². The molecule has 1 aromatic rings. The highest BCUT2D eigenvalue weighted by Gasteiger charge is 2.17. The van der Waals surface area contributed by atoms with Gasteiger partial charge >= 0.3 is 0 Å². The Hall–Kier alpha value is -0.860. The molecule has 0 saturated heterocycles. The maximum atomic E-state index is 5.77. The molecule has 0 radical (unpaired) electrons. The van der Waals surface area contributed by atoms with Gasteiger partial charge < -0.3 is 10.1 Å². The summed E-state index contributed by atoms with van der Waals surface area (Å²) in [5, 5.41) is 3.32. The lowest BCUT2D eigenvalue weighted by atomic mass is 9.96. The van der Waals surface area contributed by atoms with Gasteiger partial charge in [-0.25, -0.2) is 0 Å². The van der Waals surface area contributed by atoms with E-state index in [1.165, 1.54) is 30.4 Å². The fourth-order valence-electron chi connectivity index (χ4n) is 1.77. The van der Waals surface area contributed by atoms with E-state index >= 15 is 0 Å². The molecule has 2 heteroatoms. The van der Waals surface area contributed by atoms with E-state index in [1.807, 2.05) is 0 Å². The molecule has 2 nitrogen and oxygen atoms in total. The molecule has 88 valence electrons. The Labute approximate surface area is 98.0 Å². The average molecular weight is 219 g/mol. The van der Waals surface area contributed by atoms with Crippen LogP contribution in [0.5, 0.6) is 0 Å². The highest BCUT2D eigenvalue weighted by molar-refractivity contribution is 5.21. The van der Waals surface area contributed by atoms with Gasteiger partial charge in [0.25, 0.3) is 0 Å². The predicted octanol–water partition coefficient (Wildman–Crippen LogP) is 2.87. The molecule has 1 aliphatic carbocycles. The van der Waals surface area contributed by atoms with Crippen LogP contribution < -0.4 is 5.32 Å². The Morgan fingerprint density at radius 3 is 2.44 bits per heavy atom. The van der Waals surface area contributed by atoms with Crippen molar-refractivity contribution >= 4 is 0 Å². The van der Waals surface area contributed by atoms with Crippen LogP contribution in [-0.4, -0.2) is 12.6 Å². The van der Waals surface area contributed by atoms with Crippen LogP contribution in [0.15, 0.2) is 24.3 Å². The molecule has 0 aliphatic heterocycles. The summed E-state index contributed by atoms with van der Waals surface area (Å²) in [6.45, 7) is 4.87. The van der Waals surface area contributed by atoms with Crippen molar-refractivity contribution in [3.63, 3.8) is 0 Å². The molecular weight excluding hydrogens is 198 g/mol. The van der Waals surface area contributed by atoms with E-state index in [1.54, 1.807) is 0 Å². The smallest absolute Gasteiger partial charge is 0.0720 e. The fraction of sp³-hybridized carbons (Fsp3) is 0.571. The van der Waals surface area contributed by atoms with Gasteiger partial charge in [0.05, 0.1) is 12.7 Å². The van der Waals surface area contributed by atoms with Crippen molar-refractivity contribution in [1.29, 1.82) is 0 Å². The van der Waals surface area contributed by atoms with Gasteiger partial charge in [-0.3, -0.25) is 0 Å². The van der Waals surface area contributed by atoms with E-state index in [4.69, 9.17) is 4.74 Å². The van der Waals surface area contributed by atoms with Gasteiger partial charge in [-0.15, -0.1) is 0 Å². The highest BCUT2D eigenvalue weighted by atomic mass is 16.5. The minimum atomic E-state index is 0.529. The Balaban J connectivity index is 1.76. The maximum absolute atomic E-state index is 5.77. The summed E-state index contributed by atoms with van der Waals surface area (Å²) < 4.78 is 5.77. The van der Waals surface area contributed by atoms with Crippen LogP contribution in [0.4, 0.5) is 0 Å². The monoisotopic (exact) mass is 219 g/mol. The predicted molar refractivity (Wildman–Crippen MR) is 66.3 cm³/mol. The van der Waals surface area contributed by atoms with Gasteiger partial charge in [-0.05, 0) is 36.9 Å². The van der Waals surface area contributed by atoms with E-state index in [-0.39, 0.29) is 0 Å². The van der Waals surface area contributed by atoms with Gasteiger partial charge in [0.1, 0.15) is 0 Å². The zero-order chi connectivity index (χ0) is 11.2. The first kappa shape index (κ1) is 11.6. The Bertz CT molecular complexity index is 303. The molecule has 16 heavy (non-hydrogen) atoms. The van der Waals surface area contributed by atoms with Gasteiger partial charge in [-0.2, -0.15) is 0 Å². The lowest BCUT2D eigenvalue weighted by Crippen LogP contribution is -2.21. The second kappa shape index (κ2) is 6.02. The summed E-state index contributed by atoms with van der Waals surface area (Å²) in [5.74, 6) is 0. The van der Waals surface area contributed by atoms with Crippen LogP contribution in [0.3, 0.4) is 0 Å². The van der Waals surface area contributed by atoms with E-state index < -0.39 is 0 Å². The Morgan fingerprint density at radius 1 is 1.19 bits per heavy atom. The third-order valence-electron chi connectivity index (χ3n) is 3.14. The van der Waals surface area contributed by atoms with Crippen molar-refractivity contribution in [2.75, 3.05) is 6.54 Å². The minimum absolute atomic E-state index is 0.529. The van der Waals surface area contributed by atoms with Crippen LogP contribution in [0.1, 0.15) is 37.3 Å². The standard InChI is InChI=1S/C14H21NO/c1-2-15-10-12-6-8-13(9-7-12)11-16-14-4-3-5-14/h6-9,14-15H,2-5,10-11H2,1H3. The number of ether oxygens (including phenoxy) is 1. The summed E-state index contributed by atoms with van der Waals surface area (Å²) in [4.78, 5) is 0. The number of nitrogens with one attached hydrogen (secondary N) is 1. The molecule has 0 aromatic heterocycles. The third kappa shape index (κ3) is 3.32. The van der Waals surface area contributed by atoms with Crippen LogP contribution in [-0.2, 0) is 17.9 Å². The molecule has 1 saturated carbocycles. The van der Waals surface area contributed by atoms with Crippen molar-refractivity contribution in [2.45, 2.75) is 45.4 Å². The zero-order valence-electron chi connectivity index (χ0n) is 10.0. The fourth-order valence-corrected chi connectivity index (χ4v) is 1.77. The molecule has 2 rings (SSSR count). The molecule has 0 atom stereocenters. The summed E-state index contributed by atoms with van der Waals surface area (Å²) in [5.41, 5.74) is 2.63. The number of benzene rings is 1. The van der Waals surface area contributed by atoms with Crippen molar-refractivity contribution in [3.05, 3.63) is 35.4 Å². The molecule has 1 fully saturated rings. The van der Waals surface area contributed by atoms with E-state index in [9.17, 15) is 0 Å².